The summed E-state index contributed by atoms with van der Waals surface area (Å²) >= 11 is 0. The van der Waals surface area contributed by atoms with E-state index >= 15 is 0 Å². The summed E-state index contributed by atoms with van der Waals surface area (Å²) in [5.41, 5.74) is 5.29. The molecule has 1 aliphatic carbocycles. The monoisotopic (exact) mass is 235 g/mol. The van der Waals surface area contributed by atoms with Crippen molar-refractivity contribution in [3.05, 3.63) is 34.2 Å². The first kappa shape index (κ1) is 11.9. The fourth-order valence-corrected chi connectivity index (χ4v) is 2.33. The van der Waals surface area contributed by atoms with Crippen LogP contribution in [0.4, 0.5) is 0 Å². The molecule has 1 fully saturated rings. The average molecular weight is 235 g/mol. The van der Waals surface area contributed by atoms with Gasteiger partial charge in [-0.15, -0.1) is 0 Å². The fraction of sp³-hybridized carbons (Fsp3) is 0.500. The zero-order valence-electron chi connectivity index (χ0n) is 9.66. The van der Waals surface area contributed by atoms with Crippen LogP contribution in [0.5, 0.6) is 0 Å². The first-order valence-corrected chi connectivity index (χ1v) is 5.87. The summed E-state index contributed by atoms with van der Waals surface area (Å²) in [5, 5.41) is 2.92. The number of carbonyl (C=O) groups excluding carboxylic acids is 1. The molecular formula is C12H17N3O2. The zero-order chi connectivity index (χ0) is 12.3. The Morgan fingerprint density at radius 3 is 2.76 bits per heavy atom. The molecule has 0 saturated heterocycles. The first-order valence-electron chi connectivity index (χ1n) is 5.87. The Hall–Kier alpha value is -1.62. The maximum absolute atomic E-state index is 12.0. The second kappa shape index (κ2) is 4.71. The molecule has 0 spiro atoms. The molecule has 92 valence electrons. The van der Waals surface area contributed by atoms with E-state index in [-0.39, 0.29) is 22.4 Å². The molecule has 17 heavy (non-hydrogen) atoms. The molecule has 1 aliphatic rings. The molecule has 2 rings (SSSR count). The van der Waals surface area contributed by atoms with E-state index in [9.17, 15) is 9.59 Å². The number of H-pyrrole nitrogens is 1. The molecule has 1 aromatic heterocycles. The number of aromatic amines is 1. The van der Waals surface area contributed by atoms with Crippen LogP contribution in [0.15, 0.2) is 23.3 Å². The largest absolute Gasteiger partial charge is 0.367 e. The van der Waals surface area contributed by atoms with Crippen molar-refractivity contribution in [3.63, 3.8) is 0 Å². The van der Waals surface area contributed by atoms with Crippen molar-refractivity contribution in [3.8, 4) is 0 Å². The van der Waals surface area contributed by atoms with Crippen molar-refractivity contribution in [2.45, 2.75) is 31.2 Å². The van der Waals surface area contributed by atoms with Crippen molar-refractivity contribution < 1.29 is 4.79 Å². The lowest BCUT2D eigenvalue weighted by Gasteiger charge is -2.28. The van der Waals surface area contributed by atoms with Gasteiger partial charge in [-0.3, -0.25) is 9.59 Å². The smallest absolute Gasteiger partial charge is 0.257 e. The number of nitrogens with two attached hydrogens (primary N) is 1. The third-order valence-electron chi connectivity index (χ3n) is 3.40. The van der Waals surface area contributed by atoms with Crippen LogP contribution in [-0.2, 0) is 0 Å². The Labute approximate surface area is 99.4 Å². The summed E-state index contributed by atoms with van der Waals surface area (Å²) in [5.74, 6) is -0.334. The van der Waals surface area contributed by atoms with Crippen LogP contribution < -0.4 is 16.5 Å². The molecule has 0 aliphatic heterocycles. The predicted molar refractivity (Wildman–Crippen MR) is 64.8 cm³/mol. The zero-order valence-corrected chi connectivity index (χ0v) is 9.66. The highest BCUT2D eigenvalue weighted by atomic mass is 16.2. The van der Waals surface area contributed by atoms with E-state index in [2.05, 4.69) is 10.3 Å². The number of pyridine rings is 1. The number of hydrogen-bond acceptors (Lipinski definition) is 3. The molecule has 0 aromatic carbocycles. The van der Waals surface area contributed by atoms with Crippen molar-refractivity contribution in [1.29, 1.82) is 0 Å². The number of carbonyl (C=O) groups is 1. The van der Waals surface area contributed by atoms with E-state index < -0.39 is 0 Å². The fourth-order valence-electron chi connectivity index (χ4n) is 2.33. The number of aromatic nitrogens is 1. The third kappa shape index (κ3) is 2.39. The van der Waals surface area contributed by atoms with Crippen LogP contribution in [0, 0.1) is 0 Å². The minimum atomic E-state index is -0.334. The van der Waals surface area contributed by atoms with Gasteiger partial charge in [0.1, 0.15) is 5.56 Å². The maximum atomic E-state index is 12.0. The molecule has 0 unspecified atom stereocenters. The highest BCUT2D eigenvalue weighted by Crippen LogP contribution is 2.28. The van der Waals surface area contributed by atoms with Gasteiger partial charge in [0.15, 0.2) is 5.43 Å². The van der Waals surface area contributed by atoms with Gasteiger partial charge in [0.25, 0.3) is 5.91 Å². The Bertz CT molecular complexity index is 461. The van der Waals surface area contributed by atoms with Crippen LogP contribution in [-0.4, -0.2) is 23.0 Å². The Kier molecular flexibility index (Phi) is 3.28. The Morgan fingerprint density at radius 1 is 1.47 bits per heavy atom. The Balaban J connectivity index is 2.17. The molecule has 0 radical (unpaired) electrons. The topological polar surface area (TPSA) is 88.0 Å². The van der Waals surface area contributed by atoms with Crippen molar-refractivity contribution in [2.24, 2.45) is 5.73 Å². The minimum absolute atomic E-state index is 0.146. The molecule has 4 N–H and O–H groups in total. The van der Waals surface area contributed by atoms with Crippen molar-refractivity contribution in [1.82, 2.24) is 10.3 Å². The maximum Gasteiger partial charge on any atom is 0.257 e. The van der Waals surface area contributed by atoms with Gasteiger partial charge in [-0.05, 0) is 12.8 Å². The van der Waals surface area contributed by atoms with E-state index in [0.717, 1.165) is 25.7 Å². The number of amides is 1. The van der Waals surface area contributed by atoms with E-state index in [0.29, 0.717) is 6.54 Å². The molecule has 1 aromatic rings. The lowest BCUT2D eigenvalue weighted by atomic mass is 9.97. The van der Waals surface area contributed by atoms with Crippen molar-refractivity contribution >= 4 is 5.91 Å². The van der Waals surface area contributed by atoms with E-state index in [1.807, 2.05) is 0 Å². The summed E-state index contributed by atoms with van der Waals surface area (Å²) < 4.78 is 0. The lowest BCUT2D eigenvalue weighted by molar-refractivity contribution is 0.0901. The second-order valence-corrected chi connectivity index (χ2v) is 4.57. The quantitative estimate of drug-likeness (QED) is 0.707. The van der Waals surface area contributed by atoms with Gasteiger partial charge < -0.3 is 16.0 Å². The van der Waals surface area contributed by atoms with Crippen molar-refractivity contribution in [2.75, 3.05) is 6.54 Å². The normalized spacial score (nSPS) is 17.9. The number of hydrogen-bond donors (Lipinski definition) is 3. The SMILES string of the molecule is NCC1(NC(=O)c2c[nH]ccc2=O)CCCC1. The average Bonchev–Trinajstić information content (AvgIpc) is 2.79. The van der Waals surface area contributed by atoms with Crippen LogP contribution >= 0.6 is 0 Å². The molecule has 0 bridgehead atoms. The summed E-state index contributed by atoms with van der Waals surface area (Å²) in [6.07, 6.45) is 6.86. The van der Waals surface area contributed by atoms with Gasteiger partial charge >= 0.3 is 0 Å². The third-order valence-corrected chi connectivity index (χ3v) is 3.40. The Morgan fingerprint density at radius 2 is 2.18 bits per heavy atom. The molecule has 1 saturated carbocycles. The van der Waals surface area contributed by atoms with Gasteiger partial charge in [0.05, 0.1) is 5.54 Å². The lowest BCUT2D eigenvalue weighted by Crippen LogP contribution is -2.52. The molecule has 5 heteroatoms. The minimum Gasteiger partial charge on any atom is -0.367 e. The summed E-state index contributed by atoms with van der Waals surface area (Å²) in [6.45, 7) is 0.420. The van der Waals surface area contributed by atoms with Gasteiger partial charge in [-0.25, -0.2) is 0 Å². The second-order valence-electron chi connectivity index (χ2n) is 4.57. The highest BCUT2D eigenvalue weighted by Gasteiger charge is 2.34. The van der Waals surface area contributed by atoms with Crippen LogP contribution in [0.2, 0.25) is 0 Å². The van der Waals surface area contributed by atoms with Gasteiger partial charge in [0, 0.05) is 25.0 Å². The van der Waals surface area contributed by atoms with Crippen LogP contribution in [0.3, 0.4) is 0 Å². The predicted octanol–water partition coefficient (Wildman–Crippen LogP) is 0.376. The van der Waals surface area contributed by atoms with E-state index in [1.54, 1.807) is 0 Å². The van der Waals surface area contributed by atoms with E-state index in [4.69, 9.17) is 5.73 Å². The van der Waals surface area contributed by atoms with Gasteiger partial charge in [-0.2, -0.15) is 0 Å². The number of rotatable bonds is 3. The highest BCUT2D eigenvalue weighted by molar-refractivity contribution is 5.94. The van der Waals surface area contributed by atoms with E-state index in [1.165, 1.54) is 18.5 Å². The first-order chi connectivity index (χ1) is 8.17. The summed E-state index contributed by atoms with van der Waals surface area (Å²) in [6, 6.07) is 1.35. The number of nitrogens with one attached hydrogen (secondary N) is 2. The summed E-state index contributed by atoms with van der Waals surface area (Å²) in [7, 11) is 0. The standard InChI is InChI=1S/C12H17N3O2/c13-8-12(4-1-2-5-12)15-11(17)9-7-14-6-3-10(9)16/h3,6-7H,1-2,4-5,8,13H2,(H,14,16)(H,15,17). The molecule has 1 amide bonds. The summed E-state index contributed by atoms with van der Waals surface area (Å²) in [4.78, 5) is 26.3. The van der Waals surface area contributed by atoms with Crippen LogP contribution in [0.25, 0.3) is 0 Å². The molecular weight excluding hydrogens is 218 g/mol. The molecule has 5 nitrogen and oxygen atoms in total. The van der Waals surface area contributed by atoms with Crippen LogP contribution in [0.1, 0.15) is 36.0 Å². The van der Waals surface area contributed by atoms with Gasteiger partial charge in [-0.1, -0.05) is 12.8 Å². The molecule has 0 atom stereocenters. The molecule has 1 heterocycles. The van der Waals surface area contributed by atoms with Gasteiger partial charge in [0.2, 0.25) is 0 Å².